The second-order valence-electron chi connectivity index (χ2n) is 7.94. The fourth-order valence-corrected chi connectivity index (χ4v) is 3.01. The van der Waals surface area contributed by atoms with Crippen molar-refractivity contribution in [1.82, 2.24) is 4.90 Å². The van der Waals surface area contributed by atoms with Crippen molar-refractivity contribution in [2.45, 2.75) is 98.1 Å². The van der Waals surface area contributed by atoms with Gasteiger partial charge in [-0.25, -0.2) is 4.79 Å². The van der Waals surface area contributed by atoms with Crippen LogP contribution >= 0.6 is 0 Å². The largest absolute Gasteiger partial charge is 0.444 e. The monoisotopic (exact) mass is 299 g/mol. The zero-order valence-electron chi connectivity index (χ0n) is 15.0. The van der Waals surface area contributed by atoms with Gasteiger partial charge in [0.15, 0.2) is 0 Å². The highest BCUT2D eigenvalue weighted by Gasteiger charge is 2.50. The van der Waals surface area contributed by atoms with Crippen LogP contribution in [0.2, 0.25) is 0 Å². The average Bonchev–Trinajstić information content (AvgIpc) is 2.46. The van der Waals surface area contributed by atoms with Gasteiger partial charge >= 0.3 is 6.09 Å². The van der Waals surface area contributed by atoms with Gasteiger partial charge in [0.05, 0.1) is 12.1 Å². The van der Waals surface area contributed by atoms with E-state index in [2.05, 4.69) is 20.8 Å². The molecule has 1 unspecified atom stereocenters. The second kappa shape index (κ2) is 6.55. The molecule has 0 aromatic carbocycles. The van der Waals surface area contributed by atoms with Gasteiger partial charge in [0, 0.05) is 0 Å². The fraction of sp³-hybridized carbons (Fsp3) is 0.941. The van der Waals surface area contributed by atoms with Crippen LogP contribution in [0.5, 0.6) is 0 Å². The minimum Gasteiger partial charge on any atom is -0.444 e. The Labute approximate surface area is 130 Å². The number of hydrogen-bond donors (Lipinski definition) is 0. The van der Waals surface area contributed by atoms with Gasteiger partial charge in [-0.2, -0.15) is 0 Å². The third-order valence-corrected chi connectivity index (χ3v) is 3.66. The molecule has 0 N–H and O–H groups in total. The van der Waals surface area contributed by atoms with E-state index in [1.807, 2.05) is 39.5 Å². The number of carbonyl (C=O) groups is 1. The van der Waals surface area contributed by atoms with Gasteiger partial charge in [0.2, 0.25) is 0 Å². The Morgan fingerprint density at radius 1 is 1.33 bits per heavy atom. The molecule has 4 nitrogen and oxygen atoms in total. The van der Waals surface area contributed by atoms with Crippen molar-refractivity contribution in [3.05, 3.63) is 0 Å². The van der Waals surface area contributed by atoms with E-state index < -0.39 is 11.3 Å². The van der Waals surface area contributed by atoms with Crippen LogP contribution in [0.15, 0.2) is 0 Å². The molecule has 0 aromatic rings. The van der Waals surface area contributed by atoms with E-state index in [1.165, 1.54) is 0 Å². The second-order valence-corrected chi connectivity index (χ2v) is 7.94. The lowest BCUT2D eigenvalue weighted by molar-refractivity contribution is -0.0799. The highest BCUT2D eigenvalue weighted by molar-refractivity contribution is 5.70. The van der Waals surface area contributed by atoms with Crippen molar-refractivity contribution in [1.29, 1.82) is 0 Å². The normalized spacial score (nSPS) is 25.5. The van der Waals surface area contributed by atoms with E-state index in [0.717, 1.165) is 19.3 Å². The van der Waals surface area contributed by atoms with E-state index in [1.54, 1.807) is 0 Å². The zero-order chi connectivity index (χ0) is 16.4. The van der Waals surface area contributed by atoms with E-state index in [-0.39, 0.29) is 18.2 Å². The molecule has 1 aliphatic heterocycles. The Hall–Kier alpha value is -0.770. The van der Waals surface area contributed by atoms with Gasteiger partial charge in [-0.05, 0) is 53.4 Å². The Bertz CT molecular complexity index is 358. The van der Waals surface area contributed by atoms with Crippen LogP contribution in [0.1, 0.15) is 74.7 Å². The molecule has 0 saturated carbocycles. The number of carbonyl (C=O) groups excluding carboxylic acids is 1. The Balaban J connectivity index is 3.01. The van der Waals surface area contributed by atoms with Gasteiger partial charge < -0.3 is 9.47 Å². The fourth-order valence-electron chi connectivity index (χ4n) is 3.01. The summed E-state index contributed by atoms with van der Waals surface area (Å²) < 4.78 is 11.8. The van der Waals surface area contributed by atoms with Crippen LogP contribution in [-0.4, -0.2) is 34.5 Å². The predicted octanol–water partition coefficient (Wildman–Crippen LogP) is 4.57. The minimum absolute atomic E-state index is 0.0924. The Kier molecular flexibility index (Phi) is 5.70. The number of rotatable bonds is 4. The Morgan fingerprint density at radius 3 is 2.33 bits per heavy atom. The lowest BCUT2D eigenvalue weighted by atomic mass is 9.96. The molecule has 2 atom stereocenters. The van der Waals surface area contributed by atoms with Gasteiger partial charge in [-0.3, -0.25) is 4.90 Å². The first-order valence-corrected chi connectivity index (χ1v) is 8.18. The standard InChI is InChI=1S/C17H33NO3/c1-9-10-14-13(11-12(2)3)18(17(7,8)20-14)15(19)21-16(4,5)6/h12-14H,9-11H2,1-8H3/t13?,14-/m0/s1. The highest BCUT2D eigenvalue weighted by atomic mass is 16.6. The molecule has 0 radical (unpaired) electrons. The molecule has 0 aliphatic carbocycles. The summed E-state index contributed by atoms with van der Waals surface area (Å²) in [5.74, 6) is 0.511. The quantitative estimate of drug-likeness (QED) is 0.763. The summed E-state index contributed by atoms with van der Waals surface area (Å²) in [5.41, 5.74) is -1.10. The third kappa shape index (κ3) is 4.87. The minimum atomic E-state index is -0.609. The van der Waals surface area contributed by atoms with E-state index in [4.69, 9.17) is 9.47 Å². The van der Waals surface area contributed by atoms with Crippen molar-refractivity contribution < 1.29 is 14.3 Å². The van der Waals surface area contributed by atoms with E-state index in [9.17, 15) is 4.79 Å². The van der Waals surface area contributed by atoms with Crippen LogP contribution in [0.3, 0.4) is 0 Å². The molecule has 124 valence electrons. The molecule has 4 heteroatoms. The van der Waals surface area contributed by atoms with Crippen LogP contribution in [0, 0.1) is 5.92 Å². The van der Waals surface area contributed by atoms with Gasteiger partial charge in [0.25, 0.3) is 0 Å². The molecule has 1 fully saturated rings. The first-order chi connectivity index (χ1) is 9.48. The zero-order valence-corrected chi connectivity index (χ0v) is 15.0. The first kappa shape index (κ1) is 18.3. The van der Waals surface area contributed by atoms with Gasteiger partial charge in [-0.15, -0.1) is 0 Å². The number of nitrogens with zero attached hydrogens (tertiary/aromatic N) is 1. The highest BCUT2D eigenvalue weighted by Crippen LogP contribution is 2.38. The van der Waals surface area contributed by atoms with Crippen molar-refractivity contribution in [2.75, 3.05) is 0 Å². The molecular formula is C17H33NO3. The summed E-state index contributed by atoms with van der Waals surface area (Å²) in [7, 11) is 0. The lowest BCUT2D eigenvalue weighted by Gasteiger charge is -2.35. The van der Waals surface area contributed by atoms with Crippen LogP contribution < -0.4 is 0 Å². The van der Waals surface area contributed by atoms with Crippen LogP contribution in [-0.2, 0) is 9.47 Å². The molecular weight excluding hydrogens is 266 g/mol. The summed E-state index contributed by atoms with van der Waals surface area (Å²) in [5, 5.41) is 0. The molecule has 1 aliphatic rings. The summed E-state index contributed by atoms with van der Waals surface area (Å²) >= 11 is 0. The SMILES string of the molecule is CCC[C@@H]1OC(C)(C)N(C(=O)OC(C)(C)C)C1CC(C)C. The molecule has 21 heavy (non-hydrogen) atoms. The first-order valence-electron chi connectivity index (χ1n) is 8.18. The maximum absolute atomic E-state index is 12.6. The van der Waals surface area contributed by atoms with Crippen molar-refractivity contribution in [3.8, 4) is 0 Å². The summed E-state index contributed by atoms with van der Waals surface area (Å²) in [6.45, 7) is 16.1. The Morgan fingerprint density at radius 2 is 1.90 bits per heavy atom. The molecule has 0 bridgehead atoms. The number of hydrogen-bond acceptors (Lipinski definition) is 3. The molecule has 0 spiro atoms. The van der Waals surface area contributed by atoms with Crippen LogP contribution in [0.25, 0.3) is 0 Å². The smallest absolute Gasteiger partial charge is 0.412 e. The third-order valence-electron chi connectivity index (χ3n) is 3.66. The predicted molar refractivity (Wildman–Crippen MR) is 85.2 cm³/mol. The summed E-state index contributed by atoms with van der Waals surface area (Å²) in [6.07, 6.45) is 2.79. The lowest BCUT2D eigenvalue weighted by Crippen LogP contribution is -2.50. The number of amides is 1. The molecule has 1 heterocycles. The summed E-state index contributed by atoms with van der Waals surface area (Å²) in [6, 6.07) is 0.0924. The maximum Gasteiger partial charge on any atom is 0.412 e. The maximum atomic E-state index is 12.6. The molecule has 0 aromatic heterocycles. The van der Waals surface area contributed by atoms with Crippen LogP contribution in [0.4, 0.5) is 4.79 Å². The number of ether oxygens (including phenoxy) is 2. The molecule has 1 amide bonds. The van der Waals surface area contributed by atoms with Crippen molar-refractivity contribution in [3.63, 3.8) is 0 Å². The molecule has 1 saturated heterocycles. The average molecular weight is 299 g/mol. The topological polar surface area (TPSA) is 38.8 Å². The van der Waals surface area contributed by atoms with Crippen molar-refractivity contribution in [2.24, 2.45) is 5.92 Å². The summed E-state index contributed by atoms with van der Waals surface area (Å²) in [4.78, 5) is 14.5. The van der Waals surface area contributed by atoms with Gasteiger partial charge in [-0.1, -0.05) is 27.2 Å². The van der Waals surface area contributed by atoms with E-state index >= 15 is 0 Å². The van der Waals surface area contributed by atoms with E-state index in [0.29, 0.717) is 5.92 Å². The van der Waals surface area contributed by atoms with Gasteiger partial charge in [0.1, 0.15) is 11.3 Å². The van der Waals surface area contributed by atoms with Crippen molar-refractivity contribution >= 4 is 6.09 Å². The molecule has 1 rings (SSSR count).